The number of allylic oxidation sites excluding steroid dienone is 1. The van der Waals surface area contributed by atoms with Gasteiger partial charge >= 0.3 is 5.97 Å². The molecule has 0 spiro atoms. The van der Waals surface area contributed by atoms with Gasteiger partial charge in [-0.05, 0) is 32.7 Å². The van der Waals surface area contributed by atoms with Crippen molar-refractivity contribution >= 4 is 5.97 Å². The second kappa shape index (κ2) is 6.55. The first-order chi connectivity index (χ1) is 12.5. The van der Waals surface area contributed by atoms with Gasteiger partial charge in [0.15, 0.2) is 5.76 Å². The van der Waals surface area contributed by atoms with Gasteiger partial charge < -0.3 is 29.4 Å². The van der Waals surface area contributed by atoms with Crippen molar-refractivity contribution in [3.05, 3.63) is 22.9 Å². The maximum Gasteiger partial charge on any atom is 0.343 e. The van der Waals surface area contributed by atoms with E-state index in [9.17, 15) is 9.90 Å². The van der Waals surface area contributed by atoms with E-state index in [1.165, 1.54) is 7.11 Å². The Morgan fingerprint density at radius 2 is 2.23 bits per heavy atom. The molecule has 2 N–H and O–H groups in total. The molecular weight excluding hydrogens is 338 g/mol. The van der Waals surface area contributed by atoms with E-state index in [-0.39, 0.29) is 30.6 Å². The maximum atomic E-state index is 12.0. The lowest BCUT2D eigenvalue weighted by Gasteiger charge is -2.29. The molecule has 4 heterocycles. The van der Waals surface area contributed by atoms with Gasteiger partial charge in [-0.25, -0.2) is 4.79 Å². The zero-order valence-corrected chi connectivity index (χ0v) is 15.5. The van der Waals surface area contributed by atoms with Crippen molar-refractivity contribution in [3.8, 4) is 0 Å². The van der Waals surface area contributed by atoms with Crippen LogP contribution in [-0.4, -0.2) is 49.3 Å². The lowest BCUT2D eigenvalue weighted by Crippen LogP contribution is -2.47. The lowest BCUT2D eigenvalue weighted by molar-refractivity contribution is -0.208. The fraction of sp³-hybridized carbons (Fsp3) is 0.737. The van der Waals surface area contributed by atoms with Crippen LogP contribution in [0.15, 0.2) is 22.9 Å². The normalized spacial score (nSPS) is 41.8. The van der Waals surface area contributed by atoms with E-state index < -0.39 is 11.8 Å². The van der Waals surface area contributed by atoms with E-state index in [0.29, 0.717) is 35.7 Å². The number of nitrogens with one attached hydrogen (secondary N) is 1. The average Bonchev–Trinajstić information content (AvgIpc) is 3.21. The van der Waals surface area contributed by atoms with Crippen LogP contribution in [0.3, 0.4) is 0 Å². The summed E-state index contributed by atoms with van der Waals surface area (Å²) in [5.74, 6) is 0.321. The molecule has 4 aliphatic rings. The third-order valence-corrected chi connectivity index (χ3v) is 6.09. The van der Waals surface area contributed by atoms with Gasteiger partial charge in [-0.2, -0.15) is 0 Å². The van der Waals surface area contributed by atoms with Crippen LogP contribution in [0.5, 0.6) is 0 Å². The van der Waals surface area contributed by atoms with Crippen molar-refractivity contribution in [2.24, 2.45) is 11.8 Å². The monoisotopic (exact) mass is 365 g/mol. The van der Waals surface area contributed by atoms with Gasteiger partial charge in [0.1, 0.15) is 5.76 Å². The number of rotatable bonds is 4. The number of aliphatic hydroxyl groups is 1. The summed E-state index contributed by atoms with van der Waals surface area (Å²) in [5, 5.41) is 13.0. The van der Waals surface area contributed by atoms with Crippen LogP contribution in [-0.2, 0) is 23.7 Å². The molecule has 4 aliphatic heterocycles. The summed E-state index contributed by atoms with van der Waals surface area (Å²) in [5.41, 5.74) is 0.446. The number of carbonyl (C=O) groups is 1. The largest absolute Gasteiger partial charge is 0.492 e. The molecule has 4 rings (SSSR count). The summed E-state index contributed by atoms with van der Waals surface area (Å²) < 4.78 is 23.7. The van der Waals surface area contributed by atoms with E-state index in [0.717, 1.165) is 19.4 Å². The van der Waals surface area contributed by atoms with Crippen molar-refractivity contribution in [2.75, 3.05) is 20.3 Å². The van der Waals surface area contributed by atoms with Crippen molar-refractivity contribution < 1.29 is 28.8 Å². The van der Waals surface area contributed by atoms with E-state index in [1.807, 2.05) is 0 Å². The molecule has 3 fully saturated rings. The highest BCUT2D eigenvalue weighted by Gasteiger charge is 2.64. The number of esters is 1. The summed E-state index contributed by atoms with van der Waals surface area (Å²) in [6, 6.07) is 0.198. The summed E-state index contributed by atoms with van der Waals surface area (Å²) in [6.45, 7) is 4.82. The molecule has 5 atom stereocenters. The Morgan fingerprint density at radius 1 is 1.42 bits per heavy atom. The molecule has 0 radical (unpaired) electrons. The summed E-state index contributed by atoms with van der Waals surface area (Å²) in [7, 11) is 1.53. The number of hydrogen-bond donors (Lipinski definition) is 2. The molecule has 7 nitrogen and oxygen atoms in total. The lowest BCUT2D eigenvalue weighted by atomic mass is 9.79. The number of fused-ring (bicyclic) bond motifs is 3. The number of ether oxygens (including phenoxy) is 4. The van der Waals surface area contributed by atoms with Gasteiger partial charge in [0.25, 0.3) is 0 Å². The summed E-state index contributed by atoms with van der Waals surface area (Å²) in [6.07, 6.45) is 3.40. The number of methoxy groups -OCH3 is 1. The quantitative estimate of drug-likeness (QED) is 0.732. The van der Waals surface area contributed by atoms with Crippen LogP contribution in [0.4, 0.5) is 0 Å². The maximum absolute atomic E-state index is 12.0. The summed E-state index contributed by atoms with van der Waals surface area (Å²) in [4.78, 5) is 12.0. The van der Waals surface area contributed by atoms with Gasteiger partial charge in [0.05, 0.1) is 24.7 Å². The predicted octanol–water partition coefficient (Wildman–Crippen LogP) is 1.58. The highest BCUT2D eigenvalue weighted by atomic mass is 16.7. The molecule has 0 aromatic carbocycles. The molecule has 0 amide bonds. The Labute approximate surface area is 153 Å². The Kier molecular flexibility index (Phi) is 4.49. The van der Waals surface area contributed by atoms with Crippen molar-refractivity contribution in [3.63, 3.8) is 0 Å². The molecule has 26 heavy (non-hydrogen) atoms. The standard InChI is InChI=1S/C19H27NO6/c1-10-13-14-12(6-4-8-20-14)25-19(13,7-5-9-21)26-16(10)17-15(23-3)11(2)18(22)24-17/h10,12-14,20-21H,4-9H2,1-3H3/t10-,12+,13+,14-,19+/m0/s1. The van der Waals surface area contributed by atoms with E-state index in [2.05, 4.69) is 12.2 Å². The number of cyclic esters (lactones) is 1. The Morgan fingerprint density at radius 3 is 2.96 bits per heavy atom. The third-order valence-electron chi connectivity index (χ3n) is 6.09. The Balaban J connectivity index is 1.74. The van der Waals surface area contributed by atoms with E-state index in [1.54, 1.807) is 6.92 Å². The fourth-order valence-electron chi connectivity index (χ4n) is 4.95. The highest BCUT2D eigenvalue weighted by Crippen LogP contribution is 2.56. The second-order valence-electron chi connectivity index (χ2n) is 7.58. The SMILES string of the molecule is COC1=C(C)C(=O)OC1=C1O[C@@]2(CCCO)O[C@@H]3CCCN[C@@H]3[C@H]2[C@@H]1C. The molecule has 0 bridgehead atoms. The van der Waals surface area contributed by atoms with Crippen molar-refractivity contribution in [1.82, 2.24) is 5.32 Å². The van der Waals surface area contributed by atoms with Crippen molar-refractivity contribution in [2.45, 2.75) is 57.5 Å². The van der Waals surface area contributed by atoms with Crippen molar-refractivity contribution in [1.29, 1.82) is 0 Å². The van der Waals surface area contributed by atoms with Gasteiger partial charge in [-0.15, -0.1) is 0 Å². The number of hydrogen-bond acceptors (Lipinski definition) is 7. The highest BCUT2D eigenvalue weighted by molar-refractivity contribution is 5.93. The zero-order chi connectivity index (χ0) is 18.5. The van der Waals surface area contributed by atoms with Crippen LogP contribution >= 0.6 is 0 Å². The van der Waals surface area contributed by atoms with Gasteiger partial charge in [-0.1, -0.05) is 6.92 Å². The first-order valence-corrected chi connectivity index (χ1v) is 9.45. The average molecular weight is 365 g/mol. The molecular formula is C19H27NO6. The predicted molar refractivity (Wildman–Crippen MR) is 91.5 cm³/mol. The number of aliphatic hydroxyl groups excluding tert-OH is 1. The molecule has 0 unspecified atom stereocenters. The Hall–Kier alpha value is -1.57. The number of piperidine rings is 1. The topological polar surface area (TPSA) is 86.3 Å². The molecule has 0 aromatic rings. The first-order valence-electron chi connectivity index (χ1n) is 9.45. The van der Waals surface area contributed by atoms with Crippen LogP contribution in [0.2, 0.25) is 0 Å². The molecule has 144 valence electrons. The van der Waals surface area contributed by atoms with Crippen LogP contribution < -0.4 is 5.32 Å². The molecule has 7 heteroatoms. The van der Waals surface area contributed by atoms with Gasteiger partial charge in [0.2, 0.25) is 11.5 Å². The van der Waals surface area contributed by atoms with E-state index in [4.69, 9.17) is 18.9 Å². The van der Waals surface area contributed by atoms with Gasteiger partial charge in [-0.3, -0.25) is 0 Å². The minimum Gasteiger partial charge on any atom is -0.492 e. The fourth-order valence-corrected chi connectivity index (χ4v) is 4.95. The van der Waals surface area contributed by atoms with Crippen LogP contribution in [0.1, 0.15) is 39.5 Å². The minimum absolute atomic E-state index is 0.00754. The Bertz CT molecular complexity index is 671. The minimum atomic E-state index is -0.793. The number of carbonyl (C=O) groups excluding carboxylic acids is 1. The van der Waals surface area contributed by atoms with E-state index >= 15 is 0 Å². The van der Waals surface area contributed by atoms with Crippen LogP contribution in [0, 0.1) is 11.8 Å². The first kappa shape index (κ1) is 17.8. The molecule has 0 saturated carbocycles. The van der Waals surface area contributed by atoms with Crippen LogP contribution in [0.25, 0.3) is 0 Å². The second-order valence-corrected chi connectivity index (χ2v) is 7.58. The molecule has 0 aromatic heterocycles. The zero-order valence-electron chi connectivity index (χ0n) is 15.5. The summed E-state index contributed by atoms with van der Waals surface area (Å²) >= 11 is 0. The molecule has 3 saturated heterocycles. The molecule has 0 aliphatic carbocycles. The smallest absolute Gasteiger partial charge is 0.343 e. The van der Waals surface area contributed by atoms with Gasteiger partial charge in [0, 0.05) is 25.0 Å². The third kappa shape index (κ3) is 2.48.